The number of carbonyl (C=O) groups excluding carboxylic acids is 1. The smallest absolute Gasteiger partial charge is 0.346 e. The number of ether oxygens (including phenoxy) is 1. The molecule has 0 saturated carbocycles. The van der Waals surface area contributed by atoms with Gasteiger partial charge in [-0.15, -0.1) is 0 Å². The number of hydrogen-bond acceptors (Lipinski definition) is 8. The Morgan fingerprint density at radius 1 is 0.932 bits per heavy atom. The van der Waals surface area contributed by atoms with Gasteiger partial charge in [-0.05, 0) is 42.9 Å². The number of nitrogens with one attached hydrogen (secondary N) is 2. The summed E-state index contributed by atoms with van der Waals surface area (Å²) in [6, 6.07) is 23.0. The monoisotopic (exact) mass is 589 g/mol. The van der Waals surface area contributed by atoms with Crippen molar-refractivity contribution in [3.05, 3.63) is 102 Å². The first kappa shape index (κ1) is 29.0. The van der Waals surface area contributed by atoms with Crippen molar-refractivity contribution in [2.24, 2.45) is 0 Å². The Labute approximate surface area is 257 Å². The minimum atomic E-state index is -0.316. The third-order valence-corrected chi connectivity index (χ3v) is 7.71. The van der Waals surface area contributed by atoms with E-state index < -0.39 is 0 Å². The van der Waals surface area contributed by atoms with E-state index in [0.717, 1.165) is 60.9 Å². The van der Waals surface area contributed by atoms with Crippen molar-refractivity contribution >= 4 is 29.0 Å². The number of anilines is 4. The Balaban J connectivity index is 1.08. The number of hydrogen-bond donors (Lipinski definition) is 2. The molecule has 2 amide bonds. The molecule has 2 N–H and O–H groups in total. The Morgan fingerprint density at radius 3 is 2.48 bits per heavy atom. The second kappa shape index (κ2) is 13.5. The molecule has 2 aliphatic rings. The molecule has 0 unspecified atom stereocenters. The number of amides is 2. The van der Waals surface area contributed by atoms with Crippen LogP contribution < -0.4 is 20.3 Å². The molecule has 1 atom stereocenters. The van der Waals surface area contributed by atoms with Gasteiger partial charge in [0, 0.05) is 68.0 Å². The first-order chi connectivity index (χ1) is 21.6. The summed E-state index contributed by atoms with van der Waals surface area (Å²) in [5.41, 5.74) is 5.01. The molecule has 2 fully saturated rings. The van der Waals surface area contributed by atoms with Gasteiger partial charge in [0.2, 0.25) is 5.95 Å². The van der Waals surface area contributed by atoms with Crippen LogP contribution in [0.3, 0.4) is 0 Å². The van der Waals surface area contributed by atoms with E-state index in [1.807, 2.05) is 66.7 Å². The lowest BCUT2D eigenvalue weighted by atomic mass is 10.1. The van der Waals surface area contributed by atoms with Crippen LogP contribution >= 0.6 is 0 Å². The molecule has 0 radical (unpaired) electrons. The lowest BCUT2D eigenvalue weighted by Crippen LogP contribution is -2.44. The van der Waals surface area contributed by atoms with Gasteiger partial charge in [-0.2, -0.15) is 5.06 Å². The van der Waals surface area contributed by atoms with Crippen molar-refractivity contribution in [3.8, 4) is 17.6 Å². The number of hydroxylamine groups is 2. The fourth-order valence-electron chi connectivity index (χ4n) is 5.27. The Hall–Kier alpha value is -5.11. The van der Waals surface area contributed by atoms with Crippen LogP contribution in [0, 0.1) is 11.8 Å². The fourth-order valence-corrected chi connectivity index (χ4v) is 5.27. The number of urea groups is 1. The summed E-state index contributed by atoms with van der Waals surface area (Å²) in [6.45, 7) is 4.54. The first-order valence-corrected chi connectivity index (χ1v) is 14.7. The summed E-state index contributed by atoms with van der Waals surface area (Å²) < 4.78 is 5.66. The molecule has 3 aromatic carbocycles. The van der Waals surface area contributed by atoms with Gasteiger partial charge in [0.25, 0.3) is 0 Å². The van der Waals surface area contributed by atoms with E-state index in [2.05, 4.69) is 55.4 Å². The molecule has 2 aliphatic heterocycles. The Kier molecular flexibility index (Phi) is 8.87. The molecule has 3 heterocycles. The van der Waals surface area contributed by atoms with E-state index in [1.54, 1.807) is 19.5 Å². The van der Waals surface area contributed by atoms with Crippen molar-refractivity contribution in [2.75, 3.05) is 62.5 Å². The molecular formula is C34H35N7O3. The van der Waals surface area contributed by atoms with E-state index in [9.17, 15) is 4.79 Å². The first-order valence-electron chi connectivity index (χ1n) is 14.7. The van der Waals surface area contributed by atoms with Gasteiger partial charge >= 0.3 is 6.03 Å². The highest BCUT2D eigenvalue weighted by molar-refractivity contribution is 5.89. The van der Waals surface area contributed by atoms with Crippen LogP contribution in [0.4, 0.5) is 27.8 Å². The molecule has 0 aliphatic carbocycles. The number of benzene rings is 3. The zero-order valence-corrected chi connectivity index (χ0v) is 24.9. The van der Waals surface area contributed by atoms with Crippen molar-refractivity contribution < 1.29 is 14.4 Å². The molecular weight excluding hydrogens is 554 g/mol. The average Bonchev–Trinajstić information content (AvgIpc) is 3.56. The average molecular weight is 590 g/mol. The van der Waals surface area contributed by atoms with Gasteiger partial charge < -0.3 is 25.2 Å². The molecule has 10 nitrogen and oxygen atoms in total. The third kappa shape index (κ3) is 6.92. The summed E-state index contributed by atoms with van der Waals surface area (Å²) in [5.74, 6) is 7.41. The fraction of sp³-hybridized carbons (Fsp3) is 0.265. The number of piperazine rings is 1. The van der Waals surface area contributed by atoms with Crippen LogP contribution in [0.1, 0.15) is 29.2 Å². The van der Waals surface area contributed by atoms with Crippen LogP contribution in [0.25, 0.3) is 0 Å². The number of rotatable bonds is 6. The highest BCUT2D eigenvalue weighted by Crippen LogP contribution is 2.32. The van der Waals surface area contributed by atoms with Crippen molar-refractivity contribution in [1.29, 1.82) is 0 Å². The van der Waals surface area contributed by atoms with Gasteiger partial charge in [0.05, 0.1) is 31.0 Å². The lowest BCUT2D eigenvalue weighted by molar-refractivity contribution is -0.0829. The largest absolute Gasteiger partial charge is 0.494 e. The highest BCUT2D eigenvalue weighted by atomic mass is 16.7. The molecule has 10 heteroatoms. The van der Waals surface area contributed by atoms with E-state index in [-0.39, 0.29) is 12.1 Å². The summed E-state index contributed by atoms with van der Waals surface area (Å²) in [4.78, 5) is 32.2. The Morgan fingerprint density at radius 2 is 1.70 bits per heavy atom. The van der Waals surface area contributed by atoms with Crippen molar-refractivity contribution in [2.45, 2.75) is 12.5 Å². The van der Waals surface area contributed by atoms with Crippen LogP contribution in [0.5, 0.6) is 5.75 Å². The molecule has 1 aromatic heterocycles. The maximum Gasteiger partial charge on any atom is 0.346 e. The number of carbonyl (C=O) groups is 1. The van der Waals surface area contributed by atoms with Crippen molar-refractivity contribution in [3.63, 3.8) is 0 Å². The third-order valence-electron chi connectivity index (χ3n) is 7.71. The van der Waals surface area contributed by atoms with E-state index in [4.69, 9.17) is 9.57 Å². The quantitative estimate of drug-likeness (QED) is 0.293. The topological polar surface area (TPSA) is 95.1 Å². The second-order valence-corrected chi connectivity index (χ2v) is 10.7. The number of likely N-dealkylation sites (N-methyl/N-ethyl adjacent to an activating group) is 1. The molecule has 0 spiro atoms. The van der Waals surface area contributed by atoms with E-state index in [0.29, 0.717) is 23.8 Å². The highest BCUT2D eigenvalue weighted by Gasteiger charge is 2.31. The molecule has 0 bridgehead atoms. The van der Waals surface area contributed by atoms with Gasteiger partial charge in [0.15, 0.2) is 0 Å². The van der Waals surface area contributed by atoms with Gasteiger partial charge in [0.1, 0.15) is 5.75 Å². The normalized spacial score (nSPS) is 16.6. The van der Waals surface area contributed by atoms with Crippen LogP contribution in [0.15, 0.2) is 85.2 Å². The Bertz CT molecular complexity index is 1650. The SMILES string of the molecule is COc1cc(N2CCN(C)CC2)ccc1Nc1ncc(C#Cc2cccc(NC(=O)N3OCC[C@H]3c3ccccc3)c2)cn1. The van der Waals surface area contributed by atoms with Gasteiger partial charge in [-0.25, -0.2) is 14.8 Å². The van der Waals surface area contributed by atoms with Gasteiger partial charge in [-0.3, -0.25) is 4.84 Å². The van der Waals surface area contributed by atoms with E-state index in [1.165, 1.54) is 5.06 Å². The predicted molar refractivity (Wildman–Crippen MR) is 171 cm³/mol. The summed E-state index contributed by atoms with van der Waals surface area (Å²) >= 11 is 0. The molecule has 6 rings (SSSR count). The van der Waals surface area contributed by atoms with Crippen LogP contribution in [0.2, 0.25) is 0 Å². The zero-order chi connectivity index (χ0) is 30.3. The standard InChI is InChI=1S/C34H35N7O3/c1-39-16-18-40(19-17-39)29-13-14-30(32(22-29)43-2)38-33-35-23-26(24-36-33)12-11-25-7-6-10-28(21-25)37-34(42)41-31(15-20-44-41)27-8-4-3-5-9-27/h3-10,13-14,21-24,31H,15-20H2,1-2H3,(H,37,42)(H,35,36,38)/t31-/m0/s1. The maximum absolute atomic E-state index is 13.0. The maximum atomic E-state index is 13.0. The second-order valence-electron chi connectivity index (χ2n) is 10.7. The van der Waals surface area contributed by atoms with Crippen LogP contribution in [-0.4, -0.2) is 72.9 Å². The summed E-state index contributed by atoms with van der Waals surface area (Å²) in [7, 11) is 3.81. The number of methoxy groups -OCH3 is 1. The molecule has 44 heavy (non-hydrogen) atoms. The summed E-state index contributed by atoms with van der Waals surface area (Å²) in [6.07, 6.45) is 4.09. The summed E-state index contributed by atoms with van der Waals surface area (Å²) in [5, 5.41) is 7.59. The van der Waals surface area contributed by atoms with Crippen molar-refractivity contribution in [1.82, 2.24) is 19.9 Å². The zero-order valence-electron chi connectivity index (χ0n) is 24.9. The molecule has 2 saturated heterocycles. The molecule has 4 aromatic rings. The van der Waals surface area contributed by atoms with Gasteiger partial charge in [-0.1, -0.05) is 48.2 Å². The predicted octanol–water partition coefficient (Wildman–Crippen LogP) is 5.29. The number of aromatic nitrogens is 2. The minimum absolute atomic E-state index is 0.126. The minimum Gasteiger partial charge on any atom is -0.494 e. The lowest BCUT2D eigenvalue weighted by Gasteiger charge is -2.34. The molecule has 224 valence electrons. The van der Waals surface area contributed by atoms with E-state index >= 15 is 0 Å². The van der Waals surface area contributed by atoms with Crippen LogP contribution in [-0.2, 0) is 4.84 Å². The number of nitrogens with zero attached hydrogens (tertiary/aromatic N) is 5.